The van der Waals surface area contributed by atoms with Crippen LogP contribution in [-0.2, 0) is 0 Å². The van der Waals surface area contributed by atoms with Gasteiger partial charge in [0.25, 0.3) is 0 Å². The average Bonchev–Trinajstić information content (AvgIpc) is 2.83. The summed E-state index contributed by atoms with van der Waals surface area (Å²) >= 11 is 0. The van der Waals surface area contributed by atoms with Gasteiger partial charge in [-0.2, -0.15) is 0 Å². The summed E-state index contributed by atoms with van der Waals surface area (Å²) in [6.07, 6.45) is 0.418. The lowest BCUT2D eigenvalue weighted by Crippen LogP contribution is -2.02. The molecular weight excluding hydrogens is 242 g/mol. The van der Waals surface area contributed by atoms with E-state index in [4.69, 9.17) is 4.42 Å². The number of aliphatic hydroxyl groups excluding tert-OH is 1. The maximum absolute atomic E-state index is 11.1. The van der Waals surface area contributed by atoms with Gasteiger partial charge < -0.3 is 9.52 Å². The summed E-state index contributed by atoms with van der Waals surface area (Å²) in [7, 11) is 0. The Balaban J connectivity index is 2.35. The van der Waals surface area contributed by atoms with E-state index in [-0.39, 0.29) is 11.6 Å². The van der Waals surface area contributed by atoms with Gasteiger partial charge in [-0.15, -0.1) is 0 Å². The largest absolute Gasteiger partial charge is 0.437 e. The van der Waals surface area contributed by atoms with E-state index < -0.39 is 6.10 Å². The molecule has 0 aliphatic carbocycles. The van der Waals surface area contributed by atoms with Crippen LogP contribution in [0.15, 0.2) is 34.7 Å². The van der Waals surface area contributed by atoms with Crippen molar-refractivity contribution < 1.29 is 14.3 Å². The number of hydrogen-bond donors (Lipinski definition) is 1. The zero-order chi connectivity index (χ0) is 13.8. The van der Waals surface area contributed by atoms with Gasteiger partial charge in [0.2, 0.25) is 5.89 Å². The molecule has 0 saturated carbocycles. The molecule has 0 fully saturated rings. The summed E-state index contributed by atoms with van der Waals surface area (Å²) in [5.74, 6) is 0.935. The number of oxazole rings is 1. The normalized spacial score (nSPS) is 12.6. The van der Waals surface area contributed by atoms with E-state index in [1.165, 1.54) is 0 Å². The van der Waals surface area contributed by atoms with Crippen LogP contribution in [0.25, 0.3) is 11.3 Å². The van der Waals surface area contributed by atoms with Gasteiger partial charge in [0.05, 0.1) is 0 Å². The van der Waals surface area contributed by atoms with Crippen LogP contribution < -0.4 is 0 Å². The molecule has 2 aromatic rings. The molecular formula is C15H17NO3. The van der Waals surface area contributed by atoms with E-state index >= 15 is 0 Å². The number of benzene rings is 1. The molecule has 0 saturated heterocycles. The second-order valence-electron chi connectivity index (χ2n) is 4.90. The van der Waals surface area contributed by atoms with Crippen molar-refractivity contribution in [1.29, 1.82) is 0 Å². The van der Waals surface area contributed by atoms with Gasteiger partial charge in [-0.1, -0.05) is 44.2 Å². The van der Waals surface area contributed by atoms with E-state index in [9.17, 15) is 9.90 Å². The number of carbonyl (C=O) groups excluding carboxylic acids is 1. The minimum atomic E-state index is -0.781. The highest BCUT2D eigenvalue weighted by Gasteiger charge is 2.20. The third-order valence-electron chi connectivity index (χ3n) is 2.80. The first-order valence-electron chi connectivity index (χ1n) is 6.31. The smallest absolute Gasteiger partial charge is 0.224 e. The maximum Gasteiger partial charge on any atom is 0.224 e. The molecule has 1 aromatic heterocycles. The van der Waals surface area contributed by atoms with E-state index in [2.05, 4.69) is 4.98 Å². The van der Waals surface area contributed by atoms with E-state index in [1.54, 1.807) is 0 Å². The molecule has 1 unspecified atom stereocenters. The number of rotatable bonds is 5. The van der Waals surface area contributed by atoms with Crippen molar-refractivity contribution in [2.45, 2.75) is 26.4 Å². The van der Waals surface area contributed by atoms with Gasteiger partial charge in [-0.05, 0) is 12.3 Å². The van der Waals surface area contributed by atoms with Crippen molar-refractivity contribution in [1.82, 2.24) is 4.98 Å². The molecule has 1 N–H and O–H groups in total. The monoisotopic (exact) mass is 259 g/mol. The molecule has 0 aliphatic heterocycles. The molecule has 1 aromatic carbocycles. The molecule has 0 bridgehead atoms. The van der Waals surface area contributed by atoms with Crippen LogP contribution in [0, 0.1) is 5.92 Å². The molecule has 1 atom stereocenters. The summed E-state index contributed by atoms with van der Waals surface area (Å²) in [6.45, 7) is 4.01. The third kappa shape index (κ3) is 3.09. The quantitative estimate of drug-likeness (QED) is 0.837. The van der Waals surface area contributed by atoms with Crippen molar-refractivity contribution in [2.75, 3.05) is 0 Å². The fourth-order valence-electron chi connectivity index (χ4n) is 1.92. The molecule has 4 nitrogen and oxygen atoms in total. The van der Waals surface area contributed by atoms with Gasteiger partial charge in [0.15, 0.2) is 12.0 Å². The van der Waals surface area contributed by atoms with Crippen LogP contribution in [0.3, 0.4) is 0 Å². The van der Waals surface area contributed by atoms with Crippen molar-refractivity contribution in [3.8, 4) is 11.3 Å². The van der Waals surface area contributed by atoms with Gasteiger partial charge in [-0.3, -0.25) is 4.79 Å². The number of aldehydes is 1. The highest BCUT2D eigenvalue weighted by Crippen LogP contribution is 2.28. The zero-order valence-electron chi connectivity index (χ0n) is 11.0. The second kappa shape index (κ2) is 5.80. The molecule has 0 radical (unpaired) electrons. The minimum absolute atomic E-state index is 0.203. The molecule has 0 amide bonds. The molecule has 19 heavy (non-hydrogen) atoms. The Morgan fingerprint density at radius 3 is 2.58 bits per heavy atom. The van der Waals surface area contributed by atoms with Crippen LogP contribution in [0.1, 0.15) is 42.8 Å². The molecule has 0 spiro atoms. The average molecular weight is 259 g/mol. The van der Waals surface area contributed by atoms with Crippen LogP contribution >= 0.6 is 0 Å². The van der Waals surface area contributed by atoms with Crippen LogP contribution in [-0.4, -0.2) is 16.4 Å². The van der Waals surface area contributed by atoms with Crippen molar-refractivity contribution in [3.63, 3.8) is 0 Å². The molecule has 4 heteroatoms. The number of carbonyl (C=O) groups is 1. The number of hydrogen-bond acceptors (Lipinski definition) is 4. The SMILES string of the molecule is CC(C)CC(O)c1nc(C=O)c(-c2ccccc2)o1. The van der Waals surface area contributed by atoms with Gasteiger partial charge in [0.1, 0.15) is 11.8 Å². The summed E-state index contributed by atoms with van der Waals surface area (Å²) < 4.78 is 5.56. The van der Waals surface area contributed by atoms with Crippen molar-refractivity contribution >= 4 is 6.29 Å². The predicted octanol–water partition coefficient (Wildman–Crippen LogP) is 3.23. The Kier molecular flexibility index (Phi) is 4.12. The Morgan fingerprint density at radius 2 is 2.00 bits per heavy atom. The van der Waals surface area contributed by atoms with Gasteiger partial charge >= 0.3 is 0 Å². The zero-order valence-corrected chi connectivity index (χ0v) is 11.0. The Hall–Kier alpha value is -1.94. The number of nitrogens with zero attached hydrogens (tertiary/aromatic N) is 1. The fourth-order valence-corrected chi connectivity index (χ4v) is 1.92. The first kappa shape index (κ1) is 13.5. The predicted molar refractivity (Wildman–Crippen MR) is 71.7 cm³/mol. The van der Waals surface area contributed by atoms with E-state index in [0.717, 1.165) is 5.56 Å². The van der Waals surface area contributed by atoms with Crippen LogP contribution in [0.4, 0.5) is 0 Å². The highest BCUT2D eigenvalue weighted by molar-refractivity contribution is 5.82. The van der Waals surface area contributed by atoms with Crippen LogP contribution in [0.5, 0.6) is 0 Å². The van der Waals surface area contributed by atoms with Gasteiger partial charge in [0, 0.05) is 5.56 Å². The lowest BCUT2D eigenvalue weighted by molar-refractivity contribution is 0.111. The highest BCUT2D eigenvalue weighted by atomic mass is 16.4. The minimum Gasteiger partial charge on any atom is -0.437 e. The Labute approximate surface area is 112 Å². The number of aliphatic hydroxyl groups is 1. The fraction of sp³-hybridized carbons (Fsp3) is 0.333. The first-order chi connectivity index (χ1) is 9.11. The molecule has 0 aliphatic rings. The summed E-state index contributed by atoms with van der Waals surface area (Å²) in [4.78, 5) is 15.1. The summed E-state index contributed by atoms with van der Waals surface area (Å²) in [5.41, 5.74) is 1.00. The Morgan fingerprint density at radius 1 is 1.32 bits per heavy atom. The topological polar surface area (TPSA) is 63.3 Å². The number of aromatic nitrogens is 1. The van der Waals surface area contributed by atoms with Crippen molar-refractivity contribution in [3.05, 3.63) is 41.9 Å². The standard InChI is InChI=1S/C15H17NO3/c1-10(2)8-13(18)15-16-12(9-17)14(19-15)11-6-4-3-5-7-11/h3-7,9-10,13,18H,8H2,1-2H3. The first-order valence-corrected chi connectivity index (χ1v) is 6.31. The third-order valence-corrected chi connectivity index (χ3v) is 2.80. The van der Waals surface area contributed by atoms with E-state index in [0.29, 0.717) is 24.4 Å². The maximum atomic E-state index is 11.1. The molecule has 100 valence electrons. The lowest BCUT2D eigenvalue weighted by Gasteiger charge is -2.08. The second-order valence-corrected chi connectivity index (χ2v) is 4.90. The lowest BCUT2D eigenvalue weighted by atomic mass is 10.1. The van der Waals surface area contributed by atoms with Crippen molar-refractivity contribution in [2.24, 2.45) is 5.92 Å². The van der Waals surface area contributed by atoms with Gasteiger partial charge in [-0.25, -0.2) is 4.98 Å². The molecule has 1 heterocycles. The van der Waals surface area contributed by atoms with E-state index in [1.807, 2.05) is 44.2 Å². The summed E-state index contributed by atoms with van der Waals surface area (Å²) in [6, 6.07) is 9.28. The Bertz CT molecular complexity index is 546. The van der Waals surface area contributed by atoms with Crippen LogP contribution in [0.2, 0.25) is 0 Å². The molecule has 2 rings (SSSR count). The summed E-state index contributed by atoms with van der Waals surface area (Å²) in [5, 5.41) is 10.00.